The van der Waals surface area contributed by atoms with Crippen molar-refractivity contribution < 1.29 is 9.90 Å². The number of carbonyl (C=O) groups is 1. The van der Waals surface area contributed by atoms with Crippen molar-refractivity contribution in [3.63, 3.8) is 0 Å². The van der Waals surface area contributed by atoms with Crippen LogP contribution in [0.1, 0.15) is 41.2 Å². The fraction of sp³-hybridized carbons (Fsp3) is 0.417. The zero-order valence-corrected chi connectivity index (χ0v) is 9.78. The molecule has 0 radical (unpaired) electrons. The van der Waals surface area contributed by atoms with Crippen LogP contribution in [-0.4, -0.2) is 31.7 Å². The van der Waals surface area contributed by atoms with Crippen LogP contribution in [0.25, 0.3) is 5.65 Å². The van der Waals surface area contributed by atoms with Gasteiger partial charge in [0, 0.05) is 18.3 Å². The van der Waals surface area contributed by atoms with Crippen LogP contribution in [0.15, 0.2) is 18.5 Å². The largest absolute Gasteiger partial charge is 0.392 e. The molecule has 2 aromatic heterocycles. The highest BCUT2D eigenvalue weighted by molar-refractivity contribution is 6.00. The standard InChI is InChI=1S/C12H14N4O2/c13-11(18)9-10(7-3-1-4-8(7)17)15-16-6-2-5-14-12(9)16/h2,5-8,17H,1,3-4H2,(H2,13,18)/t7-,8+/m0/s1. The Kier molecular flexibility index (Phi) is 2.52. The number of amides is 1. The van der Waals surface area contributed by atoms with Gasteiger partial charge in [-0.25, -0.2) is 9.50 Å². The van der Waals surface area contributed by atoms with Gasteiger partial charge in [-0.3, -0.25) is 4.79 Å². The maximum absolute atomic E-state index is 11.6. The zero-order chi connectivity index (χ0) is 12.7. The molecule has 1 aliphatic carbocycles. The van der Waals surface area contributed by atoms with Crippen LogP contribution in [0.5, 0.6) is 0 Å². The molecule has 2 atom stereocenters. The number of fused-ring (bicyclic) bond motifs is 1. The van der Waals surface area contributed by atoms with E-state index in [-0.39, 0.29) is 5.92 Å². The van der Waals surface area contributed by atoms with E-state index in [1.807, 2.05) is 0 Å². The normalized spacial score (nSPS) is 23.6. The predicted molar refractivity (Wildman–Crippen MR) is 64.1 cm³/mol. The molecule has 0 bridgehead atoms. The molecule has 0 spiro atoms. The number of carbonyl (C=O) groups excluding carboxylic acids is 1. The maximum atomic E-state index is 11.6. The molecular weight excluding hydrogens is 232 g/mol. The first-order valence-electron chi connectivity index (χ1n) is 5.99. The van der Waals surface area contributed by atoms with Crippen LogP contribution >= 0.6 is 0 Å². The van der Waals surface area contributed by atoms with Crippen LogP contribution in [0.4, 0.5) is 0 Å². The van der Waals surface area contributed by atoms with Gasteiger partial charge in [-0.1, -0.05) is 6.42 Å². The van der Waals surface area contributed by atoms with Gasteiger partial charge in [-0.2, -0.15) is 5.10 Å². The van der Waals surface area contributed by atoms with Crippen molar-refractivity contribution in [2.24, 2.45) is 5.73 Å². The van der Waals surface area contributed by atoms with E-state index in [0.717, 1.165) is 19.3 Å². The topological polar surface area (TPSA) is 93.5 Å². The summed E-state index contributed by atoms with van der Waals surface area (Å²) in [5.74, 6) is -0.660. The molecule has 94 valence electrons. The first-order chi connectivity index (χ1) is 8.68. The van der Waals surface area contributed by atoms with Crippen molar-refractivity contribution in [1.82, 2.24) is 14.6 Å². The molecule has 6 heteroatoms. The summed E-state index contributed by atoms with van der Waals surface area (Å²) in [5.41, 5.74) is 6.79. The zero-order valence-electron chi connectivity index (χ0n) is 9.78. The minimum atomic E-state index is -0.544. The summed E-state index contributed by atoms with van der Waals surface area (Å²) < 4.78 is 1.54. The van der Waals surface area contributed by atoms with Crippen LogP contribution < -0.4 is 5.73 Å². The quantitative estimate of drug-likeness (QED) is 0.804. The van der Waals surface area contributed by atoms with Crippen LogP contribution in [0, 0.1) is 0 Å². The summed E-state index contributed by atoms with van der Waals surface area (Å²) in [4.78, 5) is 15.7. The highest BCUT2D eigenvalue weighted by Crippen LogP contribution is 2.36. The minimum absolute atomic E-state index is 0.116. The van der Waals surface area contributed by atoms with Crippen LogP contribution in [0.2, 0.25) is 0 Å². The third-order valence-electron chi connectivity index (χ3n) is 3.50. The molecule has 0 aliphatic heterocycles. The van der Waals surface area contributed by atoms with Crippen molar-refractivity contribution in [2.45, 2.75) is 31.3 Å². The van der Waals surface area contributed by atoms with E-state index in [2.05, 4.69) is 10.1 Å². The summed E-state index contributed by atoms with van der Waals surface area (Å²) in [6, 6.07) is 1.74. The molecule has 3 N–H and O–H groups in total. The molecule has 3 rings (SSSR count). The lowest BCUT2D eigenvalue weighted by atomic mass is 9.98. The van der Waals surface area contributed by atoms with Gasteiger partial charge in [0.2, 0.25) is 0 Å². The van der Waals surface area contributed by atoms with Gasteiger partial charge in [-0.15, -0.1) is 0 Å². The predicted octanol–water partition coefficient (Wildman–Crippen LogP) is 0.457. The summed E-state index contributed by atoms with van der Waals surface area (Å²) >= 11 is 0. The number of aromatic nitrogens is 3. The lowest BCUT2D eigenvalue weighted by Crippen LogP contribution is -2.18. The van der Waals surface area contributed by atoms with E-state index in [9.17, 15) is 9.90 Å². The summed E-state index contributed by atoms with van der Waals surface area (Å²) in [7, 11) is 0. The average Bonchev–Trinajstić information content (AvgIpc) is 2.91. The summed E-state index contributed by atoms with van der Waals surface area (Å²) in [6.45, 7) is 0. The van der Waals surface area contributed by atoms with E-state index < -0.39 is 12.0 Å². The Morgan fingerprint density at radius 1 is 1.50 bits per heavy atom. The number of aliphatic hydroxyl groups is 1. The molecule has 0 saturated heterocycles. The summed E-state index contributed by atoms with van der Waals surface area (Å²) in [5, 5.41) is 14.3. The van der Waals surface area contributed by atoms with Crippen molar-refractivity contribution in [3.8, 4) is 0 Å². The number of hydrogen-bond donors (Lipinski definition) is 2. The van der Waals surface area contributed by atoms with E-state index in [1.165, 1.54) is 0 Å². The van der Waals surface area contributed by atoms with Crippen molar-refractivity contribution in [2.75, 3.05) is 0 Å². The number of hydrogen-bond acceptors (Lipinski definition) is 4. The van der Waals surface area contributed by atoms with Gasteiger partial charge in [0.15, 0.2) is 5.65 Å². The fourth-order valence-corrected chi connectivity index (χ4v) is 2.66. The van der Waals surface area contributed by atoms with Crippen molar-refractivity contribution in [1.29, 1.82) is 0 Å². The molecule has 1 fully saturated rings. The number of primary amides is 1. The minimum Gasteiger partial charge on any atom is -0.392 e. The Morgan fingerprint density at radius 3 is 3.00 bits per heavy atom. The smallest absolute Gasteiger partial charge is 0.254 e. The highest BCUT2D eigenvalue weighted by Gasteiger charge is 2.33. The molecule has 0 unspecified atom stereocenters. The van der Waals surface area contributed by atoms with Crippen molar-refractivity contribution in [3.05, 3.63) is 29.7 Å². The lowest BCUT2D eigenvalue weighted by Gasteiger charge is -2.12. The molecular formula is C12H14N4O2. The van der Waals surface area contributed by atoms with Crippen molar-refractivity contribution >= 4 is 11.6 Å². The molecule has 1 amide bonds. The van der Waals surface area contributed by atoms with E-state index in [4.69, 9.17) is 5.73 Å². The number of aliphatic hydroxyl groups excluding tert-OH is 1. The third kappa shape index (κ3) is 1.57. The Bertz CT molecular complexity index is 607. The first kappa shape index (κ1) is 11.2. The van der Waals surface area contributed by atoms with E-state index >= 15 is 0 Å². The molecule has 6 nitrogen and oxygen atoms in total. The highest BCUT2D eigenvalue weighted by atomic mass is 16.3. The van der Waals surface area contributed by atoms with Gasteiger partial charge >= 0.3 is 0 Å². The second-order valence-corrected chi connectivity index (χ2v) is 4.62. The van der Waals surface area contributed by atoms with E-state index in [1.54, 1.807) is 23.0 Å². The number of nitrogens with two attached hydrogens (primary N) is 1. The maximum Gasteiger partial charge on any atom is 0.254 e. The Balaban J connectivity index is 2.21. The summed E-state index contributed by atoms with van der Waals surface area (Å²) in [6.07, 6.45) is 5.37. The molecule has 18 heavy (non-hydrogen) atoms. The van der Waals surface area contributed by atoms with Gasteiger partial charge in [0.05, 0.1) is 11.8 Å². The van der Waals surface area contributed by atoms with Crippen LogP contribution in [-0.2, 0) is 0 Å². The molecule has 1 aliphatic rings. The number of rotatable bonds is 2. The van der Waals surface area contributed by atoms with Gasteiger partial charge in [0.1, 0.15) is 5.56 Å². The molecule has 0 aromatic carbocycles. The fourth-order valence-electron chi connectivity index (χ4n) is 2.66. The first-order valence-corrected chi connectivity index (χ1v) is 5.99. The third-order valence-corrected chi connectivity index (χ3v) is 3.50. The molecule has 1 saturated carbocycles. The molecule has 2 heterocycles. The SMILES string of the molecule is NC(=O)c1c([C@H]2CCC[C@H]2O)nn2cccnc12. The van der Waals surface area contributed by atoms with Gasteiger partial charge in [0.25, 0.3) is 5.91 Å². The number of nitrogens with zero attached hydrogens (tertiary/aromatic N) is 3. The second kappa shape index (κ2) is 4.06. The van der Waals surface area contributed by atoms with Crippen LogP contribution in [0.3, 0.4) is 0 Å². The second-order valence-electron chi connectivity index (χ2n) is 4.62. The Hall–Kier alpha value is -1.95. The van der Waals surface area contributed by atoms with E-state index in [0.29, 0.717) is 16.9 Å². The Labute approximate surface area is 103 Å². The van der Waals surface area contributed by atoms with Gasteiger partial charge in [-0.05, 0) is 18.9 Å². The Morgan fingerprint density at radius 2 is 2.33 bits per heavy atom. The monoisotopic (exact) mass is 246 g/mol. The van der Waals surface area contributed by atoms with Gasteiger partial charge < -0.3 is 10.8 Å². The lowest BCUT2D eigenvalue weighted by molar-refractivity contribution is 0.0998. The average molecular weight is 246 g/mol. The molecule has 2 aromatic rings.